The zero-order valence-corrected chi connectivity index (χ0v) is 17.1. The smallest absolute Gasteiger partial charge is 0.0307 e. The maximum absolute atomic E-state index is 2.24. The minimum Gasteiger partial charge on any atom is -1.00 e. The summed E-state index contributed by atoms with van der Waals surface area (Å²) in [6.07, 6.45) is 0. The summed E-state index contributed by atoms with van der Waals surface area (Å²) < 4.78 is 0. The summed E-state index contributed by atoms with van der Waals surface area (Å²) in [7, 11) is 1.08. The number of hydrogen-bond acceptors (Lipinski definition) is 0. The van der Waals surface area contributed by atoms with Gasteiger partial charge in [0.2, 0.25) is 0 Å². The fraction of sp³-hybridized carbons (Fsp3) is 0.133. The molecule has 0 aliphatic heterocycles. The molecule has 3 rings (SSSR count). The van der Waals surface area contributed by atoms with Crippen LogP contribution in [0.25, 0.3) is 21.5 Å². The summed E-state index contributed by atoms with van der Waals surface area (Å²) in [5.41, 5.74) is 0. The van der Waals surface area contributed by atoms with Crippen molar-refractivity contribution in [2.45, 2.75) is 13.1 Å². The quantitative estimate of drug-likeness (QED) is 0.276. The van der Waals surface area contributed by atoms with Crippen LogP contribution in [-0.2, 0) is 25.8 Å². The van der Waals surface area contributed by atoms with Gasteiger partial charge in [-0.1, -0.05) is 49.5 Å². The summed E-state index contributed by atoms with van der Waals surface area (Å²) in [4.78, 5) is 0. The number of benzene rings is 2. The molecule has 0 saturated carbocycles. The van der Waals surface area contributed by atoms with E-state index in [1.807, 2.05) is 0 Å². The summed E-state index contributed by atoms with van der Waals surface area (Å²) >= 11 is 0. The molecule has 3 aromatic carbocycles. The van der Waals surface area contributed by atoms with Crippen molar-refractivity contribution in [3.63, 3.8) is 0 Å². The molecule has 0 fully saturated rings. The molecule has 0 aromatic heterocycles. The molecule has 0 heterocycles. The van der Waals surface area contributed by atoms with E-state index >= 15 is 0 Å². The van der Waals surface area contributed by atoms with Crippen molar-refractivity contribution in [3.8, 4) is 0 Å². The van der Waals surface area contributed by atoms with Crippen LogP contribution >= 0.6 is 0 Å². The van der Waals surface area contributed by atoms with Crippen LogP contribution in [0.15, 0.2) is 54.6 Å². The Morgan fingerprint density at radius 1 is 0.737 bits per heavy atom. The van der Waals surface area contributed by atoms with Crippen molar-refractivity contribution >= 4 is 31.1 Å². The first-order valence-electron chi connectivity index (χ1n) is 5.48. The maximum Gasteiger partial charge on any atom is 0.0307 e. The van der Waals surface area contributed by atoms with Gasteiger partial charge in [0.15, 0.2) is 0 Å². The van der Waals surface area contributed by atoms with E-state index < -0.39 is 0 Å². The summed E-state index contributed by atoms with van der Waals surface area (Å²) in [6.45, 7) is 4.31. The Balaban J connectivity index is 0. The molecule has 0 spiro atoms. The van der Waals surface area contributed by atoms with E-state index in [-0.39, 0.29) is 50.7 Å². The standard InChI is InChI=1S/C13H9.C2H6Si.2ClH.Hf/c1-3-7-12-10(5-1)9-11-6-2-4-8-13(11)12;1-3-2;;;/h1-9H;1-2H3;2*1H;/q-1;;;;/p-2. The van der Waals surface area contributed by atoms with Crippen molar-refractivity contribution in [2.24, 2.45) is 0 Å². The molecule has 2 radical (unpaired) electrons. The van der Waals surface area contributed by atoms with Gasteiger partial charge in [-0.2, -0.15) is 0 Å². The van der Waals surface area contributed by atoms with Crippen LogP contribution < -0.4 is 24.8 Å². The van der Waals surface area contributed by atoms with Gasteiger partial charge in [-0.15, -0.1) is 39.7 Å². The van der Waals surface area contributed by atoms with Crippen LogP contribution in [0.4, 0.5) is 0 Å². The Morgan fingerprint density at radius 2 is 1.05 bits per heavy atom. The predicted molar refractivity (Wildman–Crippen MR) is 74.5 cm³/mol. The van der Waals surface area contributed by atoms with Gasteiger partial charge >= 0.3 is 0 Å². The molecule has 3 aromatic rings. The zero-order chi connectivity index (χ0) is 11.4. The average Bonchev–Trinajstić information content (AvgIpc) is 2.68. The van der Waals surface area contributed by atoms with Crippen molar-refractivity contribution < 1.29 is 50.7 Å². The first-order valence-corrected chi connectivity index (χ1v) is 7.48. The van der Waals surface area contributed by atoms with Gasteiger partial charge < -0.3 is 24.8 Å². The Morgan fingerprint density at radius 3 is 1.42 bits per heavy atom. The van der Waals surface area contributed by atoms with Crippen molar-refractivity contribution in [3.05, 3.63) is 54.6 Å². The van der Waals surface area contributed by atoms with Crippen molar-refractivity contribution in [1.29, 1.82) is 0 Å². The van der Waals surface area contributed by atoms with Gasteiger partial charge in [-0.3, -0.25) is 0 Å². The zero-order valence-electron chi connectivity index (χ0n) is 11.0. The largest absolute Gasteiger partial charge is 1.00 e. The summed E-state index contributed by atoms with van der Waals surface area (Å²) in [5.74, 6) is 0. The SMILES string of the molecule is C[Si]C.[Cl-].[Cl-].[Hf].c1ccc2c(c1)[cH-]c1ccccc12. The third kappa shape index (κ3) is 5.11. The van der Waals surface area contributed by atoms with Gasteiger partial charge in [-0.25, -0.2) is 0 Å². The van der Waals surface area contributed by atoms with Gasteiger partial charge in [0.25, 0.3) is 0 Å². The maximum atomic E-state index is 2.24. The topological polar surface area (TPSA) is 0 Å². The predicted octanol–water partition coefficient (Wildman–Crippen LogP) is -1.50. The molecule has 0 atom stereocenters. The monoisotopic (exact) mass is 473 g/mol. The first kappa shape index (κ1) is 21.3. The van der Waals surface area contributed by atoms with Crippen LogP contribution in [0.3, 0.4) is 0 Å². The van der Waals surface area contributed by atoms with Gasteiger partial charge in [0.05, 0.1) is 0 Å². The van der Waals surface area contributed by atoms with E-state index in [1.54, 1.807) is 0 Å². The second kappa shape index (κ2) is 10.7. The van der Waals surface area contributed by atoms with Gasteiger partial charge in [0, 0.05) is 35.4 Å². The molecule has 0 aliphatic carbocycles. The Labute approximate surface area is 148 Å². The van der Waals surface area contributed by atoms with E-state index in [0.717, 1.165) is 9.52 Å². The van der Waals surface area contributed by atoms with E-state index in [1.165, 1.54) is 21.5 Å². The minimum atomic E-state index is 0. The van der Waals surface area contributed by atoms with Crippen LogP contribution in [0.2, 0.25) is 13.1 Å². The molecule has 0 N–H and O–H groups in total. The molecule has 19 heavy (non-hydrogen) atoms. The molecule has 0 unspecified atom stereocenters. The Hall–Kier alpha value is -0.0230. The normalized spacial score (nSPS) is 8.53. The number of halogens is 2. The molecule has 100 valence electrons. The summed E-state index contributed by atoms with van der Waals surface area (Å²) in [6, 6.07) is 19.3. The van der Waals surface area contributed by atoms with Crippen LogP contribution in [0.1, 0.15) is 0 Å². The minimum absolute atomic E-state index is 0. The second-order valence-corrected chi connectivity index (χ2v) is 4.82. The number of hydrogen-bond donors (Lipinski definition) is 0. The van der Waals surface area contributed by atoms with Crippen molar-refractivity contribution in [2.75, 3.05) is 0 Å². The van der Waals surface area contributed by atoms with Crippen molar-refractivity contribution in [1.82, 2.24) is 0 Å². The first-order chi connectivity index (χ1) is 7.86. The van der Waals surface area contributed by atoms with Crippen LogP contribution in [-0.4, -0.2) is 9.52 Å². The van der Waals surface area contributed by atoms with E-state index in [0.29, 0.717) is 0 Å². The van der Waals surface area contributed by atoms with Crippen LogP contribution in [0.5, 0.6) is 0 Å². The van der Waals surface area contributed by atoms with Crippen LogP contribution in [0, 0.1) is 0 Å². The summed E-state index contributed by atoms with van der Waals surface area (Å²) in [5, 5.41) is 5.39. The molecule has 4 heteroatoms. The fourth-order valence-electron chi connectivity index (χ4n) is 1.90. The molecule has 0 nitrogen and oxygen atoms in total. The molecule has 0 saturated heterocycles. The molecule has 0 bridgehead atoms. The number of rotatable bonds is 0. The van der Waals surface area contributed by atoms with Gasteiger partial charge in [-0.05, 0) is 0 Å². The van der Waals surface area contributed by atoms with Gasteiger partial charge in [0.1, 0.15) is 0 Å². The fourth-order valence-corrected chi connectivity index (χ4v) is 1.90. The third-order valence-electron chi connectivity index (χ3n) is 2.52. The number of fused-ring (bicyclic) bond motifs is 3. The molecular formula is C15H15Cl2HfSi-3. The molecule has 0 aliphatic rings. The average molecular weight is 473 g/mol. The van der Waals surface area contributed by atoms with E-state index in [2.05, 4.69) is 67.7 Å². The molecule has 0 amide bonds. The Bertz CT molecular complexity index is 542. The Kier molecular flexibility index (Phi) is 12.0. The molecular weight excluding hydrogens is 458 g/mol. The third-order valence-corrected chi connectivity index (χ3v) is 2.52. The van der Waals surface area contributed by atoms with E-state index in [9.17, 15) is 0 Å². The second-order valence-electron chi connectivity index (χ2n) is 3.82. The van der Waals surface area contributed by atoms with E-state index in [4.69, 9.17) is 0 Å².